The molecule has 6 nitrogen and oxygen atoms in total. The average molecular weight is 287 g/mol. The fourth-order valence-corrected chi connectivity index (χ4v) is 2.55. The van der Waals surface area contributed by atoms with Gasteiger partial charge in [0.05, 0.1) is 18.6 Å². The summed E-state index contributed by atoms with van der Waals surface area (Å²) in [6.45, 7) is 3.42. The van der Waals surface area contributed by atoms with Gasteiger partial charge in [-0.2, -0.15) is 0 Å². The van der Waals surface area contributed by atoms with Crippen LogP contribution in [-0.4, -0.2) is 49.5 Å². The van der Waals surface area contributed by atoms with E-state index in [9.17, 15) is 9.59 Å². The number of carboxylic acids is 1. The maximum Gasteiger partial charge on any atom is 0.305 e. The summed E-state index contributed by atoms with van der Waals surface area (Å²) < 4.78 is 10.3. The van der Waals surface area contributed by atoms with E-state index < -0.39 is 11.5 Å². The third-order valence-corrected chi connectivity index (χ3v) is 3.57. The predicted octanol–water partition coefficient (Wildman–Crippen LogP) is 1.19. The third-order valence-electron chi connectivity index (χ3n) is 3.57. The van der Waals surface area contributed by atoms with E-state index >= 15 is 0 Å². The molecule has 116 valence electrons. The van der Waals surface area contributed by atoms with Gasteiger partial charge in [0.1, 0.15) is 0 Å². The number of hydrogen-bond acceptors (Lipinski definition) is 4. The van der Waals surface area contributed by atoms with Crippen LogP contribution in [-0.2, 0) is 19.1 Å². The monoisotopic (exact) mass is 287 g/mol. The number of hydrogen-bond donors (Lipinski definition) is 2. The van der Waals surface area contributed by atoms with Gasteiger partial charge >= 0.3 is 5.97 Å². The number of ether oxygens (including phenoxy) is 2. The van der Waals surface area contributed by atoms with Gasteiger partial charge in [-0.15, -0.1) is 0 Å². The van der Waals surface area contributed by atoms with E-state index in [1.54, 1.807) is 6.92 Å². The lowest BCUT2D eigenvalue weighted by atomic mass is 9.94. The van der Waals surface area contributed by atoms with Crippen LogP contribution in [0.15, 0.2) is 0 Å². The number of rotatable bonds is 8. The van der Waals surface area contributed by atoms with Gasteiger partial charge in [0.2, 0.25) is 5.91 Å². The van der Waals surface area contributed by atoms with Crippen molar-refractivity contribution in [2.24, 2.45) is 5.92 Å². The van der Waals surface area contributed by atoms with Crippen molar-refractivity contribution in [3.8, 4) is 0 Å². The van der Waals surface area contributed by atoms with Gasteiger partial charge in [-0.05, 0) is 32.1 Å². The summed E-state index contributed by atoms with van der Waals surface area (Å²) in [6, 6.07) is 0. The number of methoxy groups -OCH3 is 1. The molecule has 0 bridgehead atoms. The minimum atomic E-state index is -0.950. The SMILES string of the molecule is COCC(C)(CC(=O)O)NC(=O)CCC1CCOCC1. The van der Waals surface area contributed by atoms with Crippen LogP contribution in [0.4, 0.5) is 0 Å². The molecule has 0 saturated carbocycles. The highest BCUT2D eigenvalue weighted by Crippen LogP contribution is 2.20. The average Bonchev–Trinajstić information content (AvgIpc) is 2.36. The molecule has 0 radical (unpaired) electrons. The first kappa shape index (κ1) is 16.9. The molecule has 0 aromatic carbocycles. The van der Waals surface area contributed by atoms with Crippen LogP contribution in [0, 0.1) is 5.92 Å². The van der Waals surface area contributed by atoms with Crippen molar-refractivity contribution < 1.29 is 24.2 Å². The highest BCUT2D eigenvalue weighted by Gasteiger charge is 2.29. The summed E-state index contributed by atoms with van der Waals surface area (Å²) in [5.74, 6) is -0.533. The summed E-state index contributed by atoms with van der Waals surface area (Å²) in [5, 5.41) is 11.7. The highest BCUT2D eigenvalue weighted by molar-refractivity contribution is 5.78. The van der Waals surface area contributed by atoms with Gasteiger partial charge in [-0.3, -0.25) is 9.59 Å². The molecule has 1 saturated heterocycles. The van der Waals surface area contributed by atoms with Gasteiger partial charge in [0.25, 0.3) is 0 Å². The predicted molar refractivity (Wildman–Crippen MR) is 73.5 cm³/mol. The smallest absolute Gasteiger partial charge is 0.305 e. The molecule has 0 aromatic heterocycles. The van der Waals surface area contributed by atoms with Crippen LogP contribution >= 0.6 is 0 Å². The second kappa shape index (κ2) is 8.21. The Bertz CT molecular complexity index is 328. The molecule has 1 rings (SSSR count). The molecule has 0 spiro atoms. The second-order valence-corrected chi connectivity index (χ2v) is 5.71. The minimum absolute atomic E-state index is 0.114. The minimum Gasteiger partial charge on any atom is -0.481 e. The Morgan fingerprint density at radius 2 is 2.05 bits per heavy atom. The molecule has 1 amide bonds. The molecule has 1 heterocycles. The van der Waals surface area contributed by atoms with Crippen molar-refractivity contribution in [3.05, 3.63) is 0 Å². The first-order chi connectivity index (χ1) is 9.45. The zero-order valence-corrected chi connectivity index (χ0v) is 12.3. The van der Waals surface area contributed by atoms with Crippen molar-refractivity contribution >= 4 is 11.9 Å². The molecular formula is C14H25NO5. The molecular weight excluding hydrogens is 262 g/mol. The van der Waals surface area contributed by atoms with Gasteiger partial charge in [0.15, 0.2) is 0 Å². The second-order valence-electron chi connectivity index (χ2n) is 5.71. The number of nitrogens with one attached hydrogen (secondary N) is 1. The zero-order valence-electron chi connectivity index (χ0n) is 12.3. The highest BCUT2D eigenvalue weighted by atomic mass is 16.5. The number of carbonyl (C=O) groups is 2. The molecule has 1 fully saturated rings. The van der Waals surface area contributed by atoms with E-state index in [1.165, 1.54) is 7.11 Å². The van der Waals surface area contributed by atoms with Crippen LogP contribution in [0.25, 0.3) is 0 Å². The van der Waals surface area contributed by atoms with Crippen LogP contribution in [0.5, 0.6) is 0 Å². The number of amides is 1. The van der Waals surface area contributed by atoms with Gasteiger partial charge in [0, 0.05) is 26.7 Å². The maximum absolute atomic E-state index is 12.0. The first-order valence-electron chi connectivity index (χ1n) is 7.05. The van der Waals surface area contributed by atoms with Crippen molar-refractivity contribution in [2.75, 3.05) is 26.9 Å². The van der Waals surface area contributed by atoms with Gasteiger partial charge in [-0.1, -0.05) is 0 Å². The Morgan fingerprint density at radius 3 is 2.60 bits per heavy atom. The molecule has 20 heavy (non-hydrogen) atoms. The lowest BCUT2D eigenvalue weighted by Crippen LogP contribution is -2.50. The molecule has 0 aliphatic carbocycles. The van der Waals surface area contributed by atoms with Crippen molar-refractivity contribution in [1.82, 2.24) is 5.32 Å². The van der Waals surface area contributed by atoms with Crippen LogP contribution < -0.4 is 5.32 Å². The Labute approximate surface area is 119 Å². The zero-order chi connectivity index (χ0) is 15.0. The van der Waals surface area contributed by atoms with Crippen molar-refractivity contribution in [3.63, 3.8) is 0 Å². The van der Waals surface area contributed by atoms with E-state index in [0.717, 1.165) is 32.5 Å². The molecule has 2 N–H and O–H groups in total. The summed E-state index contributed by atoms with van der Waals surface area (Å²) in [5.41, 5.74) is -0.854. The fourth-order valence-electron chi connectivity index (χ4n) is 2.55. The van der Waals surface area contributed by atoms with E-state index in [0.29, 0.717) is 12.3 Å². The lowest BCUT2D eigenvalue weighted by Gasteiger charge is -2.29. The molecule has 1 unspecified atom stereocenters. The maximum atomic E-state index is 12.0. The topological polar surface area (TPSA) is 84.9 Å². The van der Waals surface area contributed by atoms with Crippen LogP contribution in [0.2, 0.25) is 0 Å². The van der Waals surface area contributed by atoms with Crippen LogP contribution in [0.1, 0.15) is 39.0 Å². The number of carbonyl (C=O) groups excluding carboxylic acids is 1. The number of aliphatic carboxylic acids is 1. The summed E-state index contributed by atoms with van der Waals surface area (Å²) in [6.07, 6.45) is 3.09. The molecule has 1 aliphatic rings. The Balaban J connectivity index is 2.38. The standard InChI is InChI=1S/C14H25NO5/c1-14(10-19-2,9-13(17)18)15-12(16)4-3-11-5-7-20-8-6-11/h11H,3-10H2,1-2H3,(H,15,16)(H,17,18). The Hall–Kier alpha value is -1.14. The summed E-state index contributed by atoms with van der Waals surface area (Å²) in [7, 11) is 1.49. The Kier molecular flexibility index (Phi) is 6.95. The quantitative estimate of drug-likeness (QED) is 0.700. The molecule has 1 atom stereocenters. The van der Waals surface area contributed by atoms with E-state index in [1.807, 2.05) is 0 Å². The van der Waals surface area contributed by atoms with Gasteiger partial charge < -0.3 is 19.9 Å². The molecule has 0 aromatic rings. The molecule has 6 heteroatoms. The fraction of sp³-hybridized carbons (Fsp3) is 0.857. The first-order valence-corrected chi connectivity index (χ1v) is 7.05. The third kappa shape index (κ3) is 6.34. The van der Waals surface area contributed by atoms with E-state index in [4.69, 9.17) is 14.6 Å². The molecule has 1 aliphatic heterocycles. The van der Waals surface area contributed by atoms with Crippen molar-refractivity contribution in [2.45, 2.75) is 44.6 Å². The van der Waals surface area contributed by atoms with E-state index in [2.05, 4.69) is 5.32 Å². The lowest BCUT2D eigenvalue weighted by molar-refractivity contribution is -0.139. The van der Waals surface area contributed by atoms with Gasteiger partial charge in [-0.25, -0.2) is 0 Å². The Morgan fingerprint density at radius 1 is 1.40 bits per heavy atom. The summed E-state index contributed by atoms with van der Waals surface area (Å²) >= 11 is 0. The van der Waals surface area contributed by atoms with E-state index in [-0.39, 0.29) is 18.9 Å². The largest absolute Gasteiger partial charge is 0.481 e. The number of carboxylic acid groups (broad SMARTS) is 1. The summed E-state index contributed by atoms with van der Waals surface area (Å²) in [4.78, 5) is 22.8. The normalized spacial score (nSPS) is 19.3. The van der Waals surface area contributed by atoms with Crippen molar-refractivity contribution in [1.29, 1.82) is 0 Å². The van der Waals surface area contributed by atoms with Crippen LogP contribution in [0.3, 0.4) is 0 Å².